The van der Waals surface area contributed by atoms with Gasteiger partial charge in [-0.1, -0.05) is 24.3 Å². The van der Waals surface area contributed by atoms with E-state index in [1.165, 1.54) is 40.8 Å². The van der Waals surface area contributed by atoms with Gasteiger partial charge in [0.2, 0.25) is 11.8 Å². The molecule has 6 nitrogen and oxygen atoms in total. The van der Waals surface area contributed by atoms with Gasteiger partial charge in [0.1, 0.15) is 17.6 Å². The molecule has 3 aromatic heterocycles. The number of aromatic nitrogens is 1. The Morgan fingerprint density at radius 3 is 2.66 bits per heavy atom. The molecule has 0 aliphatic carbocycles. The third-order valence-electron chi connectivity index (χ3n) is 4.82. The van der Waals surface area contributed by atoms with Gasteiger partial charge in [-0.25, -0.2) is 4.39 Å². The van der Waals surface area contributed by atoms with Crippen molar-refractivity contribution >= 4 is 28.8 Å². The average molecular weight is 450 g/mol. The average Bonchev–Trinajstić information content (AvgIpc) is 3.51. The smallest absolute Gasteiger partial charge is 0.248 e. The second kappa shape index (κ2) is 10.0. The Balaban J connectivity index is 1.74. The number of nitrogens with zero attached hydrogens (tertiary/aromatic N) is 2. The molecule has 1 N–H and O–H groups in total. The number of thiophene rings is 1. The summed E-state index contributed by atoms with van der Waals surface area (Å²) in [5.74, 6) is -0.913. The quantitative estimate of drug-likeness (QED) is 0.430. The van der Waals surface area contributed by atoms with Gasteiger partial charge in [-0.05, 0) is 41.8 Å². The number of hydrogen-bond donors (Lipinski definition) is 1. The SMILES string of the molecule is O=C(NCc1ccco1)[C@@H](c1ccccc1F)N(C(=O)Cc1cccs1)c1cccnc1. The number of amides is 2. The molecule has 0 aliphatic heterocycles. The summed E-state index contributed by atoms with van der Waals surface area (Å²) in [6.45, 7) is 0.108. The first-order valence-corrected chi connectivity index (χ1v) is 10.8. The van der Waals surface area contributed by atoms with E-state index in [1.54, 1.807) is 42.6 Å². The molecule has 0 bridgehead atoms. The van der Waals surface area contributed by atoms with E-state index in [0.29, 0.717) is 11.4 Å². The summed E-state index contributed by atoms with van der Waals surface area (Å²) in [6.07, 6.45) is 4.63. The molecule has 1 atom stereocenters. The lowest BCUT2D eigenvalue weighted by atomic mass is 10.0. The third-order valence-corrected chi connectivity index (χ3v) is 5.70. The number of rotatable bonds is 8. The molecule has 162 valence electrons. The summed E-state index contributed by atoms with van der Waals surface area (Å²) < 4.78 is 20.2. The van der Waals surface area contributed by atoms with Crippen molar-refractivity contribution in [1.29, 1.82) is 0 Å². The summed E-state index contributed by atoms with van der Waals surface area (Å²) in [7, 11) is 0. The maximum Gasteiger partial charge on any atom is 0.248 e. The number of halogens is 1. The highest BCUT2D eigenvalue weighted by molar-refractivity contribution is 7.10. The molecule has 1 aromatic carbocycles. The minimum Gasteiger partial charge on any atom is -0.467 e. The highest BCUT2D eigenvalue weighted by Crippen LogP contribution is 2.30. The maximum atomic E-state index is 14.9. The van der Waals surface area contributed by atoms with E-state index in [2.05, 4.69) is 10.3 Å². The number of benzene rings is 1. The molecule has 4 rings (SSSR count). The van der Waals surface area contributed by atoms with Gasteiger partial charge in [-0.3, -0.25) is 19.5 Å². The molecule has 0 spiro atoms. The highest BCUT2D eigenvalue weighted by atomic mass is 32.1. The number of anilines is 1. The topological polar surface area (TPSA) is 75.4 Å². The van der Waals surface area contributed by atoms with Gasteiger partial charge in [0.05, 0.1) is 31.1 Å². The van der Waals surface area contributed by atoms with Gasteiger partial charge >= 0.3 is 0 Å². The fourth-order valence-corrected chi connectivity index (χ4v) is 4.06. The number of hydrogen-bond acceptors (Lipinski definition) is 5. The Morgan fingerprint density at radius 1 is 1.09 bits per heavy atom. The van der Waals surface area contributed by atoms with E-state index >= 15 is 0 Å². The van der Waals surface area contributed by atoms with Gasteiger partial charge in [-0.2, -0.15) is 0 Å². The number of furan rings is 1. The first kappa shape index (κ1) is 21.5. The Kier molecular flexibility index (Phi) is 6.72. The lowest BCUT2D eigenvalue weighted by molar-refractivity contribution is -0.126. The maximum absolute atomic E-state index is 14.9. The van der Waals surface area contributed by atoms with Crippen LogP contribution in [0.1, 0.15) is 22.2 Å². The highest BCUT2D eigenvalue weighted by Gasteiger charge is 2.34. The molecule has 0 unspecified atom stereocenters. The van der Waals surface area contributed by atoms with Crippen LogP contribution in [0.15, 0.2) is 89.1 Å². The van der Waals surface area contributed by atoms with Gasteiger partial charge in [0.15, 0.2) is 0 Å². The normalized spacial score (nSPS) is 11.7. The van der Waals surface area contributed by atoms with Crippen LogP contribution < -0.4 is 10.2 Å². The van der Waals surface area contributed by atoms with E-state index in [-0.39, 0.29) is 24.4 Å². The zero-order valence-electron chi connectivity index (χ0n) is 17.0. The lowest BCUT2D eigenvalue weighted by Gasteiger charge is -2.31. The van der Waals surface area contributed by atoms with Crippen LogP contribution in [0.25, 0.3) is 0 Å². The standard InChI is InChI=1S/C24H20FN3O3S/c25-21-10-2-1-9-20(21)23(24(30)27-16-18-7-4-12-31-18)28(17-6-3-11-26-15-17)22(29)14-19-8-5-13-32-19/h1-13,15,23H,14,16H2,(H,27,30)/t23-/m1/s1. The molecule has 2 amide bonds. The second-order valence-corrected chi connectivity index (χ2v) is 7.98. The van der Waals surface area contributed by atoms with Crippen molar-refractivity contribution in [1.82, 2.24) is 10.3 Å². The fraction of sp³-hybridized carbons (Fsp3) is 0.125. The first-order chi connectivity index (χ1) is 15.6. The molecule has 0 aliphatic rings. The molecular formula is C24H20FN3O3S. The predicted octanol–water partition coefficient (Wildman–Crippen LogP) is 4.51. The fourth-order valence-electron chi connectivity index (χ4n) is 3.36. The molecular weight excluding hydrogens is 429 g/mol. The van der Waals surface area contributed by atoms with Gasteiger partial charge in [-0.15, -0.1) is 11.3 Å². The molecule has 0 fully saturated rings. The van der Waals surface area contributed by atoms with E-state index in [1.807, 2.05) is 17.5 Å². The van der Waals surface area contributed by atoms with Crippen LogP contribution in [0, 0.1) is 5.82 Å². The van der Waals surface area contributed by atoms with Crippen molar-refractivity contribution in [3.05, 3.63) is 107 Å². The van der Waals surface area contributed by atoms with Crippen molar-refractivity contribution in [2.75, 3.05) is 4.90 Å². The molecule has 0 saturated carbocycles. The monoisotopic (exact) mass is 449 g/mol. The van der Waals surface area contributed by atoms with E-state index in [4.69, 9.17) is 4.42 Å². The van der Waals surface area contributed by atoms with Crippen LogP contribution >= 0.6 is 11.3 Å². The largest absolute Gasteiger partial charge is 0.467 e. The second-order valence-electron chi connectivity index (χ2n) is 6.95. The minimum absolute atomic E-state index is 0.0724. The van der Waals surface area contributed by atoms with Crippen LogP contribution in [0.4, 0.5) is 10.1 Å². The Labute approximate surface area is 188 Å². The lowest BCUT2D eigenvalue weighted by Crippen LogP contribution is -2.44. The Morgan fingerprint density at radius 2 is 1.97 bits per heavy atom. The number of carbonyl (C=O) groups is 2. The van der Waals surface area contributed by atoms with Gasteiger partial charge in [0, 0.05) is 16.6 Å². The van der Waals surface area contributed by atoms with Crippen LogP contribution in [-0.2, 0) is 22.6 Å². The van der Waals surface area contributed by atoms with Crippen LogP contribution in [0.2, 0.25) is 0 Å². The number of nitrogens with one attached hydrogen (secondary N) is 1. The zero-order chi connectivity index (χ0) is 22.3. The number of pyridine rings is 1. The zero-order valence-corrected chi connectivity index (χ0v) is 17.8. The van der Waals surface area contributed by atoms with E-state index < -0.39 is 17.8 Å². The van der Waals surface area contributed by atoms with Crippen LogP contribution in [-0.4, -0.2) is 16.8 Å². The molecule has 0 saturated heterocycles. The molecule has 32 heavy (non-hydrogen) atoms. The van der Waals surface area contributed by atoms with Crippen molar-refractivity contribution in [2.24, 2.45) is 0 Å². The van der Waals surface area contributed by atoms with Crippen LogP contribution in [0.5, 0.6) is 0 Å². The van der Waals surface area contributed by atoms with Crippen molar-refractivity contribution in [3.8, 4) is 0 Å². The van der Waals surface area contributed by atoms with Gasteiger partial charge < -0.3 is 9.73 Å². The molecule has 3 heterocycles. The van der Waals surface area contributed by atoms with Crippen molar-refractivity contribution < 1.29 is 18.4 Å². The van der Waals surface area contributed by atoms with E-state index in [0.717, 1.165) is 4.88 Å². The predicted molar refractivity (Wildman–Crippen MR) is 119 cm³/mol. The third kappa shape index (κ3) is 4.92. The summed E-state index contributed by atoms with van der Waals surface area (Å²) in [6, 6.07) is 15.2. The van der Waals surface area contributed by atoms with Crippen LogP contribution in [0.3, 0.4) is 0 Å². The molecule has 8 heteroatoms. The minimum atomic E-state index is -1.23. The molecule has 0 radical (unpaired) electrons. The van der Waals surface area contributed by atoms with Crippen molar-refractivity contribution in [2.45, 2.75) is 19.0 Å². The summed E-state index contributed by atoms with van der Waals surface area (Å²) in [5, 5.41) is 4.64. The Hall–Kier alpha value is -3.78. The van der Waals surface area contributed by atoms with Crippen molar-refractivity contribution in [3.63, 3.8) is 0 Å². The first-order valence-electron chi connectivity index (χ1n) is 9.92. The Bertz CT molecular complexity index is 1160. The van der Waals surface area contributed by atoms with E-state index in [9.17, 15) is 14.0 Å². The number of carbonyl (C=O) groups excluding carboxylic acids is 2. The molecule has 4 aromatic rings. The summed E-state index contributed by atoms with van der Waals surface area (Å²) >= 11 is 1.44. The van der Waals surface area contributed by atoms with Gasteiger partial charge in [0.25, 0.3) is 0 Å². The summed E-state index contributed by atoms with van der Waals surface area (Å²) in [4.78, 5) is 33.1. The summed E-state index contributed by atoms with van der Waals surface area (Å²) in [5.41, 5.74) is 0.489.